The Bertz CT molecular complexity index is 1300. The van der Waals surface area contributed by atoms with Crippen molar-refractivity contribution in [3.8, 4) is 23.0 Å². The molecule has 0 saturated carbocycles. The van der Waals surface area contributed by atoms with Crippen LogP contribution in [0.15, 0.2) is 24.3 Å². The fourth-order valence-corrected chi connectivity index (χ4v) is 5.27. The number of carbonyl (C=O) groups is 3. The Hall–Kier alpha value is -3.52. The Kier molecular flexibility index (Phi) is 7.11. The number of hydrogen-bond acceptors (Lipinski definition) is 8. The highest BCUT2D eigenvalue weighted by atomic mass is 35.5. The van der Waals surface area contributed by atoms with Crippen molar-refractivity contribution in [1.82, 2.24) is 0 Å². The number of ketones is 1. The van der Waals surface area contributed by atoms with Crippen molar-refractivity contribution in [1.29, 1.82) is 0 Å². The maximum absolute atomic E-state index is 13.3. The number of benzene rings is 2. The third-order valence-electron chi connectivity index (χ3n) is 6.83. The summed E-state index contributed by atoms with van der Waals surface area (Å²) in [5, 5.41) is 11.8. The van der Waals surface area contributed by atoms with E-state index in [1.165, 1.54) is 0 Å². The molecule has 194 valence electrons. The van der Waals surface area contributed by atoms with Gasteiger partial charge in [0.25, 0.3) is 0 Å². The maximum Gasteiger partial charge on any atom is 0.342 e. The first-order valence-corrected chi connectivity index (χ1v) is 12.8. The van der Waals surface area contributed by atoms with Crippen molar-refractivity contribution in [2.24, 2.45) is 0 Å². The average Bonchev–Trinajstić information content (AvgIpc) is 3.32. The van der Waals surface area contributed by atoms with Crippen LogP contribution in [0, 0.1) is 0 Å². The summed E-state index contributed by atoms with van der Waals surface area (Å²) >= 11 is 6.40. The topological polar surface area (TPSA) is 108 Å². The zero-order valence-electron chi connectivity index (χ0n) is 20.4. The van der Waals surface area contributed by atoms with Crippen LogP contribution in [0.1, 0.15) is 84.8 Å². The van der Waals surface area contributed by atoms with Crippen molar-refractivity contribution in [2.75, 3.05) is 6.79 Å². The molecule has 5 rings (SSSR count). The molecule has 2 atom stereocenters. The number of fused-ring (bicyclic) bond motifs is 3. The van der Waals surface area contributed by atoms with Gasteiger partial charge in [-0.1, -0.05) is 23.8 Å². The molecule has 1 N–H and O–H groups in total. The zero-order chi connectivity index (χ0) is 26.1. The highest BCUT2D eigenvalue weighted by Crippen LogP contribution is 2.50. The van der Waals surface area contributed by atoms with E-state index < -0.39 is 24.0 Å². The largest absolute Gasteiger partial charge is 0.507 e. The minimum absolute atomic E-state index is 0.00442. The van der Waals surface area contributed by atoms with E-state index in [9.17, 15) is 19.5 Å². The van der Waals surface area contributed by atoms with Crippen LogP contribution in [0.25, 0.3) is 6.08 Å². The number of esters is 2. The highest BCUT2D eigenvalue weighted by molar-refractivity contribution is 6.32. The summed E-state index contributed by atoms with van der Waals surface area (Å²) in [6.07, 6.45) is 6.40. The number of aromatic hydroxyl groups is 1. The number of phenolic OH excluding ortho intramolecular Hbond substituents is 1. The van der Waals surface area contributed by atoms with Crippen LogP contribution in [-0.4, -0.2) is 35.7 Å². The van der Waals surface area contributed by atoms with Gasteiger partial charge in [0, 0.05) is 24.3 Å². The van der Waals surface area contributed by atoms with Crippen LogP contribution in [0.2, 0.25) is 5.02 Å². The van der Waals surface area contributed by atoms with Gasteiger partial charge in [-0.15, -0.1) is 0 Å². The molecule has 2 unspecified atom stereocenters. The first-order valence-electron chi connectivity index (χ1n) is 12.4. The molecule has 3 heterocycles. The van der Waals surface area contributed by atoms with Crippen LogP contribution < -0.4 is 14.2 Å². The minimum atomic E-state index is -0.685. The van der Waals surface area contributed by atoms with E-state index in [4.69, 9.17) is 30.5 Å². The molecule has 3 aliphatic heterocycles. The van der Waals surface area contributed by atoms with Crippen LogP contribution in [0.5, 0.6) is 23.0 Å². The number of Topliss-reactive ketones (excluding diaryl/α,β-unsaturated/α-hetero) is 1. The molecule has 0 radical (unpaired) electrons. The molecule has 2 aromatic carbocycles. The SMILES string of the molecule is CC1CCCC(=O)CCCC=Cc2cc3c(c(O)c2C(=O)O1)C(c1cc(Cl)c2c(c1)OCO2)CC(=O)O3. The number of ether oxygens (including phenoxy) is 4. The van der Waals surface area contributed by atoms with Gasteiger partial charge in [0.2, 0.25) is 6.79 Å². The lowest BCUT2D eigenvalue weighted by molar-refractivity contribution is -0.135. The number of allylic oxidation sites excluding steroid dienone is 1. The molecule has 2 aromatic rings. The van der Waals surface area contributed by atoms with Gasteiger partial charge in [0.05, 0.1) is 17.5 Å². The predicted octanol–water partition coefficient (Wildman–Crippen LogP) is 5.70. The Balaban J connectivity index is 1.60. The van der Waals surface area contributed by atoms with E-state index in [0.717, 1.165) is 0 Å². The van der Waals surface area contributed by atoms with Crippen molar-refractivity contribution in [3.05, 3.63) is 51.6 Å². The van der Waals surface area contributed by atoms with Gasteiger partial charge in [-0.2, -0.15) is 0 Å². The monoisotopic (exact) mass is 526 g/mol. The van der Waals surface area contributed by atoms with E-state index in [1.54, 1.807) is 31.2 Å². The summed E-state index contributed by atoms with van der Waals surface area (Å²) in [5.41, 5.74) is 1.29. The smallest absolute Gasteiger partial charge is 0.342 e. The predicted molar refractivity (Wildman–Crippen MR) is 134 cm³/mol. The van der Waals surface area contributed by atoms with Gasteiger partial charge in [-0.25, -0.2) is 4.79 Å². The van der Waals surface area contributed by atoms with Gasteiger partial charge in [-0.05, 0) is 61.9 Å². The van der Waals surface area contributed by atoms with Gasteiger partial charge >= 0.3 is 11.9 Å². The van der Waals surface area contributed by atoms with E-state index in [1.807, 2.05) is 6.08 Å². The van der Waals surface area contributed by atoms with E-state index in [2.05, 4.69) is 0 Å². The standard InChI is InChI=1S/C28H27ClO8/c1-15-6-5-9-18(30)8-4-2-3-7-16-11-21-25(26(32)24(16)28(33)36-15)19(13-23(31)37-21)17-10-20(29)27-22(12-17)34-14-35-27/h3,7,10-12,15,19,32H,2,4-6,8-9,13-14H2,1H3. The maximum atomic E-state index is 13.3. The van der Waals surface area contributed by atoms with Crippen molar-refractivity contribution < 1.29 is 38.4 Å². The van der Waals surface area contributed by atoms with E-state index in [-0.39, 0.29) is 36.1 Å². The lowest BCUT2D eigenvalue weighted by Gasteiger charge is -2.28. The molecule has 0 aromatic heterocycles. The average molecular weight is 527 g/mol. The summed E-state index contributed by atoms with van der Waals surface area (Å²) in [6, 6.07) is 4.95. The molecule has 0 saturated heterocycles. The van der Waals surface area contributed by atoms with Crippen LogP contribution >= 0.6 is 11.6 Å². The quantitative estimate of drug-likeness (QED) is 0.372. The Morgan fingerprint density at radius 3 is 2.68 bits per heavy atom. The molecule has 0 fully saturated rings. The fraction of sp³-hybridized carbons (Fsp3) is 0.393. The van der Waals surface area contributed by atoms with Crippen molar-refractivity contribution in [3.63, 3.8) is 0 Å². The molecule has 37 heavy (non-hydrogen) atoms. The van der Waals surface area contributed by atoms with Crippen LogP contribution in [0.4, 0.5) is 0 Å². The van der Waals surface area contributed by atoms with E-state index >= 15 is 0 Å². The number of phenols is 1. The van der Waals surface area contributed by atoms with Crippen molar-refractivity contribution in [2.45, 2.75) is 63.9 Å². The Morgan fingerprint density at radius 1 is 1.03 bits per heavy atom. The number of rotatable bonds is 1. The molecular weight excluding hydrogens is 500 g/mol. The second-order valence-electron chi connectivity index (χ2n) is 9.51. The summed E-state index contributed by atoms with van der Waals surface area (Å²) < 4.78 is 22.1. The first kappa shape index (κ1) is 25.1. The van der Waals surface area contributed by atoms with E-state index in [0.29, 0.717) is 71.7 Å². The third-order valence-corrected chi connectivity index (χ3v) is 7.11. The fourth-order valence-electron chi connectivity index (χ4n) is 4.99. The summed E-state index contributed by atoms with van der Waals surface area (Å²) in [5.74, 6) is -0.895. The minimum Gasteiger partial charge on any atom is -0.507 e. The normalized spacial score (nSPS) is 21.9. The molecule has 0 spiro atoms. The number of cyclic esters (lactones) is 1. The first-order chi connectivity index (χ1) is 17.8. The van der Waals surface area contributed by atoms with Gasteiger partial charge < -0.3 is 24.1 Å². The second kappa shape index (κ2) is 10.5. The summed E-state index contributed by atoms with van der Waals surface area (Å²) in [4.78, 5) is 38.0. The Labute approximate surface area is 219 Å². The molecule has 0 aliphatic carbocycles. The lowest BCUT2D eigenvalue weighted by atomic mass is 9.83. The van der Waals surface area contributed by atoms with Gasteiger partial charge in [0.15, 0.2) is 11.5 Å². The van der Waals surface area contributed by atoms with Gasteiger partial charge in [0.1, 0.15) is 22.8 Å². The second-order valence-corrected chi connectivity index (χ2v) is 9.92. The highest BCUT2D eigenvalue weighted by Gasteiger charge is 2.36. The van der Waals surface area contributed by atoms with Crippen LogP contribution in [-0.2, 0) is 14.3 Å². The molecule has 8 nitrogen and oxygen atoms in total. The number of carbonyl (C=O) groups excluding carboxylic acids is 3. The molecule has 3 aliphatic rings. The lowest BCUT2D eigenvalue weighted by Crippen LogP contribution is -2.23. The van der Waals surface area contributed by atoms with Crippen molar-refractivity contribution >= 4 is 35.4 Å². The van der Waals surface area contributed by atoms with Crippen LogP contribution in [0.3, 0.4) is 0 Å². The summed E-state index contributed by atoms with van der Waals surface area (Å²) in [7, 11) is 0. The third kappa shape index (κ3) is 5.16. The zero-order valence-corrected chi connectivity index (χ0v) is 21.1. The molecule has 0 bridgehead atoms. The summed E-state index contributed by atoms with van der Waals surface area (Å²) in [6.45, 7) is 1.80. The molecule has 0 amide bonds. The number of hydrogen-bond donors (Lipinski definition) is 1. The van der Waals surface area contributed by atoms with Gasteiger partial charge in [-0.3, -0.25) is 9.59 Å². The number of halogens is 1. The molecular formula is C28H27ClO8. The molecule has 9 heteroatoms. The Morgan fingerprint density at radius 2 is 1.84 bits per heavy atom.